The number of nitrogens with zero attached hydrogens (tertiary/aromatic N) is 3. The number of aromatic nitrogens is 3. The number of ether oxygens (including phenoxy) is 1. The number of halogens is 2. The zero-order chi connectivity index (χ0) is 20.2. The Hall–Kier alpha value is -3.13. The van der Waals surface area contributed by atoms with Crippen LogP contribution in [0.5, 0.6) is 5.75 Å². The smallest absolute Gasteiger partial charge is 0.192 e. The predicted molar refractivity (Wildman–Crippen MR) is 106 cm³/mol. The lowest BCUT2D eigenvalue weighted by atomic mass is 10.2. The Morgan fingerprint density at radius 1 is 1.07 bits per heavy atom. The molecule has 2 aromatic heterocycles. The average molecular weight is 413 g/mol. The zero-order valence-electron chi connectivity index (χ0n) is 15.5. The molecule has 148 valence electrons. The number of hydrogen-bond acceptors (Lipinski definition) is 5. The molecule has 0 radical (unpaired) electrons. The van der Waals surface area contributed by atoms with Crippen molar-refractivity contribution >= 4 is 11.8 Å². The van der Waals surface area contributed by atoms with Crippen LogP contribution in [0.25, 0.3) is 11.4 Å². The standard InChI is InChI=1S/C21H17F2N3O2S/c1-27-17-7-4-14(5-8-17)20-24-25-21(26(20)12-18-3-2-10-28-18)29-13-15-11-16(22)6-9-19(15)23/h2-11H,12-13H2,1H3. The molecule has 0 spiro atoms. The van der Waals surface area contributed by atoms with E-state index in [1.807, 2.05) is 41.0 Å². The molecule has 0 aliphatic rings. The quantitative estimate of drug-likeness (QED) is 0.392. The highest BCUT2D eigenvalue weighted by Gasteiger charge is 2.17. The molecule has 5 nitrogen and oxygen atoms in total. The summed E-state index contributed by atoms with van der Waals surface area (Å²) in [5, 5.41) is 9.17. The van der Waals surface area contributed by atoms with E-state index in [1.165, 1.54) is 17.8 Å². The van der Waals surface area contributed by atoms with E-state index in [2.05, 4.69) is 10.2 Å². The SMILES string of the molecule is COc1ccc(-c2nnc(SCc3cc(F)ccc3F)n2Cc2ccco2)cc1. The van der Waals surface area contributed by atoms with E-state index in [0.717, 1.165) is 29.2 Å². The first-order valence-corrected chi connectivity index (χ1v) is 9.79. The van der Waals surface area contributed by atoms with Gasteiger partial charge in [-0.15, -0.1) is 10.2 Å². The van der Waals surface area contributed by atoms with Crippen LogP contribution in [0.3, 0.4) is 0 Å². The summed E-state index contributed by atoms with van der Waals surface area (Å²) in [6.07, 6.45) is 1.60. The Balaban J connectivity index is 1.65. The van der Waals surface area contributed by atoms with Crippen LogP contribution < -0.4 is 4.74 Å². The molecule has 0 unspecified atom stereocenters. The monoisotopic (exact) mass is 413 g/mol. The molecule has 0 aliphatic heterocycles. The highest BCUT2D eigenvalue weighted by molar-refractivity contribution is 7.98. The molecule has 0 aliphatic carbocycles. The maximum atomic E-state index is 14.0. The van der Waals surface area contributed by atoms with Crippen molar-refractivity contribution in [3.8, 4) is 17.1 Å². The van der Waals surface area contributed by atoms with Gasteiger partial charge in [-0.2, -0.15) is 0 Å². The van der Waals surface area contributed by atoms with Gasteiger partial charge in [0.1, 0.15) is 23.1 Å². The molecule has 4 aromatic rings. The molecule has 2 aromatic carbocycles. The molecule has 0 bridgehead atoms. The lowest BCUT2D eigenvalue weighted by molar-refractivity contribution is 0.415. The van der Waals surface area contributed by atoms with Crippen LogP contribution in [0.2, 0.25) is 0 Å². The molecule has 0 saturated carbocycles. The lowest BCUT2D eigenvalue weighted by Gasteiger charge is -2.10. The van der Waals surface area contributed by atoms with E-state index in [4.69, 9.17) is 9.15 Å². The molecule has 29 heavy (non-hydrogen) atoms. The largest absolute Gasteiger partial charge is 0.497 e. The van der Waals surface area contributed by atoms with Crippen molar-refractivity contribution in [3.63, 3.8) is 0 Å². The summed E-state index contributed by atoms with van der Waals surface area (Å²) >= 11 is 1.28. The summed E-state index contributed by atoms with van der Waals surface area (Å²) in [6.45, 7) is 0.412. The Bertz CT molecular complexity index is 1100. The molecule has 0 fully saturated rings. The van der Waals surface area contributed by atoms with Crippen molar-refractivity contribution in [2.24, 2.45) is 0 Å². The predicted octanol–water partition coefficient (Wildman–Crippen LogP) is 5.17. The normalized spacial score (nSPS) is 11.0. The fraction of sp³-hybridized carbons (Fsp3) is 0.143. The minimum absolute atomic E-state index is 0.225. The number of furan rings is 1. The maximum Gasteiger partial charge on any atom is 0.192 e. The second-order valence-electron chi connectivity index (χ2n) is 6.22. The van der Waals surface area contributed by atoms with Gasteiger partial charge in [0.05, 0.1) is 19.9 Å². The Labute approximate surface area is 170 Å². The van der Waals surface area contributed by atoms with Crippen LogP contribution in [0.1, 0.15) is 11.3 Å². The third-order valence-electron chi connectivity index (χ3n) is 4.32. The van der Waals surface area contributed by atoms with Crippen molar-refractivity contribution in [3.05, 3.63) is 83.8 Å². The second kappa shape index (κ2) is 8.48. The fourth-order valence-electron chi connectivity index (χ4n) is 2.85. The fourth-order valence-corrected chi connectivity index (χ4v) is 3.76. The van der Waals surface area contributed by atoms with Crippen molar-refractivity contribution in [1.82, 2.24) is 14.8 Å². The zero-order valence-corrected chi connectivity index (χ0v) is 16.3. The van der Waals surface area contributed by atoms with Crippen molar-refractivity contribution in [2.75, 3.05) is 7.11 Å². The molecule has 0 atom stereocenters. The van der Waals surface area contributed by atoms with Gasteiger partial charge in [-0.1, -0.05) is 11.8 Å². The third kappa shape index (κ3) is 4.32. The first kappa shape index (κ1) is 19.2. The maximum absolute atomic E-state index is 14.0. The van der Waals surface area contributed by atoms with Crippen LogP contribution in [0, 0.1) is 11.6 Å². The van der Waals surface area contributed by atoms with Crippen LogP contribution >= 0.6 is 11.8 Å². The number of hydrogen-bond donors (Lipinski definition) is 0. The lowest BCUT2D eigenvalue weighted by Crippen LogP contribution is -2.04. The highest BCUT2D eigenvalue weighted by atomic mass is 32.2. The number of rotatable bonds is 7. The Kier molecular flexibility index (Phi) is 5.62. The van der Waals surface area contributed by atoms with Crippen molar-refractivity contribution in [1.29, 1.82) is 0 Å². The van der Waals surface area contributed by atoms with E-state index in [1.54, 1.807) is 13.4 Å². The average Bonchev–Trinajstić information content (AvgIpc) is 3.39. The Morgan fingerprint density at radius 3 is 2.62 bits per heavy atom. The molecule has 4 rings (SSSR count). The topological polar surface area (TPSA) is 53.1 Å². The van der Waals surface area contributed by atoms with E-state index >= 15 is 0 Å². The minimum atomic E-state index is -0.474. The van der Waals surface area contributed by atoms with Gasteiger partial charge in [0.25, 0.3) is 0 Å². The van der Waals surface area contributed by atoms with Gasteiger partial charge in [0.15, 0.2) is 11.0 Å². The summed E-state index contributed by atoms with van der Waals surface area (Å²) in [5.41, 5.74) is 1.13. The first-order valence-electron chi connectivity index (χ1n) is 8.81. The van der Waals surface area contributed by atoms with Crippen molar-refractivity contribution in [2.45, 2.75) is 17.5 Å². The van der Waals surface area contributed by atoms with Crippen molar-refractivity contribution < 1.29 is 17.9 Å². The molecule has 0 saturated heterocycles. The first-order chi connectivity index (χ1) is 14.1. The van der Waals surface area contributed by atoms with E-state index < -0.39 is 11.6 Å². The van der Waals surface area contributed by atoms with Crippen LogP contribution in [0.15, 0.2) is 70.4 Å². The molecule has 0 amide bonds. The van der Waals surface area contributed by atoms with Gasteiger partial charge in [-0.3, -0.25) is 4.57 Å². The molecule has 8 heteroatoms. The minimum Gasteiger partial charge on any atom is -0.497 e. The third-order valence-corrected chi connectivity index (χ3v) is 5.34. The number of thioether (sulfide) groups is 1. The van der Waals surface area contributed by atoms with Gasteiger partial charge in [0, 0.05) is 16.9 Å². The summed E-state index contributed by atoms with van der Waals surface area (Å²) in [5.74, 6) is 1.42. The van der Waals surface area contributed by atoms with E-state index in [0.29, 0.717) is 17.5 Å². The van der Waals surface area contributed by atoms with Crippen LogP contribution in [-0.4, -0.2) is 21.9 Å². The van der Waals surface area contributed by atoms with Gasteiger partial charge in [0.2, 0.25) is 0 Å². The number of methoxy groups -OCH3 is 1. The van der Waals surface area contributed by atoms with E-state index in [9.17, 15) is 8.78 Å². The summed E-state index contributed by atoms with van der Waals surface area (Å²) < 4.78 is 40.0. The molecular formula is C21H17F2N3O2S. The van der Waals surface area contributed by atoms with Gasteiger partial charge in [-0.05, 0) is 54.6 Å². The Morgan fingerprint density at radius 2 is 1.90 bits per heavy atom. The number of benzene rings is 2. The van der Waals surface area contributed by atoms with E-state index in [-0.39, 0.29) is 11.3 Å². The van der Waals surface area contributed by atoms with Crippen LogP contribution in [-0.2, 0) is 12.3 Å². The summed E-state index contributed by atoms with van der Waals surface area (Å²) in [4.78, 5) is 0. The van der Waals surface area contributed by atoms with Gasteiger partial charge in [-0.25, -0.2) is 8.78 Å². The summed E-state index contributed by atoms with van der Waals surface area (Å²) in [6, 6.07) is 14.6. The molecule has 0 N–H and O–H groups in total. The van der Waals surface area contributed by atoms with Gasteiger partial charge >= 0.3 is 0 Å². The van der Waals surface area contributed by atoms with Crippen LogP contribution in [0.4, 0.5) is 8.78 Å². The molecule has 2 heterocycles. The van der Waals surface area contributed by atoms with Gasteiger partial charge < -0.3 is 9.15 Å². The summed E-state index contributed by atoms with van der Waals surface area (Å²) in [7, 11) is 1.61. The second-order valence-corrected chi connectivity index (χ2v) is 7.17. The highest BCUT2D eigenvalue weighted by Crippen LogP contribution is 2.29. The molecular weight excluding hydrogens is 396 g/mol.